The van der Waals surface area contributed by atoms with Gasteiger partial charge < -0.3 is 10.4 Å². The third kappa shape index (κ3) is 2.85. The average molecular weight is 247 g/mol. The Morgan fingerprint density at radius 1 is 1.33 bits per heavy atom. The van der Waals surface area contributed by atoms with Crippen molar-refractivity contribution in [1.29, 1.82) is 0 Å². The molecule has 0 aliphatic rings. The molecule has 2 rings (SSSR count). The molecule has 0 saturated heterocycles. The number of carbonyl (C=O) groups excluding carboxylic acids is 1. The number of aromatic nitrogens is 2. The van der Waals surface area contributed by atoms with E-state index in [0.717, 1.165) is 10.9 Å². The molecular weight excluding hydrogens is 234 g/mol. The number of carbonyl (C=O) groups is 2. The minimum Gasteiger partial charge on any atom is -0.481 e. The lowest BCUT2D eigenvalue weighted by molar-refractivity contribution is -0.137. The number of aliphatic carboxylic acids is 1. The summed E-state index contributed by atoms with van der Waals surface area (Å²) in [5.41, 5.74) is 1.43. The number of carboxylic acids is 1. The van der Waals surface area contributed by atoms with Crippen LogP contribution in [0.1, 0.15) is 19.3 Å². The molecule has 0 aliphatic carbocycles. The Morgan fingerprint density at radius 2 is 2.17 bits per heavy atom. The van der Waals surface area contributed by atoms with E-state index in [-0.39, 0.29) is 18.7 Å². The van der Waals surface area contributed by atoms with Crippen molar-refractivity contribution in [3.8, 4) is 0 Å². The molecule has 0 bridgehead atoms. The Kier molecular flexibility index (Phi) is 3.57. The maximum absolute atomic E-state index is 11.6. The number of nitrogens with zero attached hydrogens (tertiary/aromatic N) is 1. The lowest BCUT2D eigenvalue weighted by Crippen LogP contribution is -2.12. The van der Waals surface area contributed by atoms with E-state index in [0.29, 0.717) is 12.1 Å². The summed E-state index contributed by atoms with van der Waals surface area (Å²) < 4.78 is 0. The second-order valence-corrected chi connectivity index (χ2v) is 3.94. The lowest BCUT2D eigenvalue weighted by Gasteiger charge is -2.05. The van der Waals surface area contributed by atoms with Gasteiger partial charge in [-0.15, -0.1) is 0 Å². The van der Waals surface area contributed by atoms with Crippen LogP contribution in [0, 0.1) is 0 Å². The quantitative estimate of drug-likeness (QED) is 0.750. The van der Waals surface area contributed by atoms with E-state index in [1.165, 1.54) is 0 Å². The first-order chi connectivity index (χ1) is 8.66. The maximum Gasteiger partial charge on any atom is 0.303 e. The van der Waals surface area contributed by atoms with Crippen molar-refractivity contribution in [2.24, 2.45) is 0 Å². The Balaban J connectivity index is 1.98. The van der Waals surface area contributed by atoms with Crippen LogP contribution in [0.4, 0.5) is 5.69 Å². The molecule has 6 nitrogen and oxygen atoms in total. The first-order valence-electron chi connectivity index (χ1n) is 5.60. The van der Waals surface area contributed by atoms with Gasteiger partial charge in [0.2, 0.25) is 5.91 Å². The smallest absolute Gasteiger partial charge is 0.303 e. The molecule has 0 radical (unpaired) electrons. The van der Waals surface area contributed by atoms with Gasteiger partial charge in [0.15, 0.2) is 0 Å². The minimum absolute atomic E-state index is 0.00166. The largest absolute Gasteiger partial charge is 0.481 e. The summed E-state index contributed by atoms with van der Waals surface area (Å²) in [6, 6.07) is 5.49. The summed E-state index contributed by atoms with van der Waals surface area (Å²) >= 11 is 0. The fourth-order valence-corrected chi connectivity index (χ4v) is 1.69. The highest BCUT2D eigenvalue weighted by molar-refractivity contribution is 6.00. The molecule has 2 aromatic rings. The molecule has 3 N–H and O–H groups in total. The SMILES string of the molecule is O=C(O)CCCC(=O)Nc1cccc2cn[nH]c12. The van der Waals surface area contributed by atoms with E-state index in [1.807, 2.05) is 12.1 Å². The molecule has 0 spiro atoms. The number of carboxylic acid groups (broad SMARTS) is 1. The molecule has 0 unspecified atom stereocenters. The number of amides is 1. The molecule has 0 atom stereocenters. The second kappa shape index (κ2) is 5.31. The van der Waals surface area contributed by atoms with Crippen LogP contribution in [-0.4, -0.2) is 27.2 Å². The number of fused-ring (bicyclic) bond motifs is 1. The predicted molar refractivity (Wildman–Crippen MR) is 66.2 cm³/mol. The molecule has 1 amide bonds. The molecule has 1 heterocycles. The number of H-pyrrole nitrogens is 1. The van der Waals surface area contributed by atoms with Crippen LogP contribution in [0.15, 0.2) is 24.4 Å². The maximum atomic E-state index is 11.6. The second-order valence-electron chi connectivity index (χ2n) is 3.94. The fraction of sp³-hybridized carbons (Fsp3) is 0.250. The summed E-state index contributed by atoms with van der Waals surface area (Å²) in [6.45, 7) is 0. The number of nitrogens with one attached hydrogen (secondary N) is 2. The first kappa shape index (κ1) is 12.1. The van der Waals surface area contributed by atoms with Crippen molar-refractivity contribution >= 4 is 28.5 Å². The molecule has 18 heavy (non-hydrogen) atoms. The monoisotopic (exact) mass is 247 g/mol. The first-order valence-corrected chi connectivity index (χ1v) is 5.60. The number of hydrogen-bond acceptors (Lipinski definition) is 3. The Bertz CT molecular complexity index is 577. The number of benzene rings is 1. The standard InChI is InChI=1S/C12H13N3O3/c16-10(5-2-6-11(17)18)14-9-4-1-3-8-7-13-15-12(8)9/h1,3-4,7H,2,5-6H2,(H,13,15)(H,14,16)(H,17,18). The van der Waals surface area contributed by atoms with Crippen molar-refractivity contribution in [2.75, 3.05) is 5.32 Å². The average Bonchev–Trinajstić information content (AvgIpc) is 2.77. The van der Waals surface area contributed by atoms with Crippen LogP contribution < -0.4 is 5.32 Å². The van der Waals surface area contributed by atoms with E-state index >= 15 is 0 Å². The Labute approximate surface area is 103 Å². The van der Waals surface area contributed by atoms with Gasteiger partial charge in [-0.3, -0.25) is 14.7 Å². The molecule has 1 aromatic carbocycles. The molecule has 0 aliphatic heterocycles. The molecule has 6 heteroatoms. The van der Waals surface area contributed by atoms with Crippen LogP contribution in [0.3, 0.4) is 0 Å². The number of hydrogen-bond donors (Lipinski definition) is 3. The lowest BCUT2D eigenvalue weighted by atomic mass is 10.2. The van der Waals surface area contributed by atoms with Gasteiger partial charge in [-0.1, -0.05) is 12.1 Å². The van der Waals surface area contributed by atoms with E-state index in [2.05, 4.69) is 15.5 Å². The van der Waals surface area contributed by atoms with Gasteiger partial charge in [-0.05, 0) is 12.5 Å². The van der Waals surface area contributed by atoms with Crippen LogP contribution in [0.5, 0.6) is 0 Å². The van der Waals surface area contributed by atoms with E-state index < -0.39 is 5.97 Å². The van der Waals surface area contributed by atoms with Crippen LogP contribution in [-0.2, 0) is 9.59 Å². The van der Waals surface area contributed by atoms with Crippen LogP contribution in [0.2, 0.25) is 0 Å². The zero-order valence-electron chi connectivity index (χ0n) is 9.64. The third-order valence-electron chi connectivity index (χ3n) is 2.55. The van der Waals surface area contributed by atoms with Gasteiger partial charge in [0.25, 0.3) is 0 Å². The summed E-state index contributed by atoms with van der Waals surface area (Å²) in [7, 11) is 0. The summed E-state index contributed by atoms with van der Waals surface area (Å²) in [4.78, 5) is 22.0. The third-order valence-corrected chi connectivity index (χ3v) is 2.55. The van der Waals surface area contributed by atoms with Crippen molar-refractivity contribution in [3.05, 3.63) is 24.4 Å². The van der Waals surface area contributed by atoms with Gasteiger partial charge in [-0.25, -0.2) is 0 Å². The van der Waals surface area contributed by atoms with Crippen molar-refractivity contribution in [2.45, 2.75) is 19.3 Å². The summed E-state index contributed by atoms with van der Waals surface area (Å²) in [6.07, 6.45) is 2.20. The fourth-order valence-electron chi connectivity index (χ4n) is 1.69. The highest BCUT2D eigenvalue weighted by Crippen LogP contribution is 2.20. The topological polar surface area (TPSA) is 95.1 Å². The van der Waals surface area contributed by atoms with E-state index in [1.54, 1.807) is 12.3 Å². The van der Waals surface area contributed by atoms with Crippen LogP contribution >= 0.6 is 0 Å². The van der Waals surface area contributed by atoms with Gasteiger partial charge >= 0.3 is 5.97 Å². The van der Waals surface area contributed by atoms with E-state index in [4.69, 9.17) is 5.11 Å². The molecule has 1 aromatic heterocycles. The predicted octanol–water partition coefficient (Wildman–Crippen LogP) is 1.76. The Morgan fingerprint density at radius 3 is 2.94 bits per heavy atom. The number of para-hydroxylation sites is 1. The van der Waals surface area contributed by atoms with Gasteiger partial charge in [-0.2, -0.15) is 5.10 Å². The molecule has 0 saturated carbocycles. The van der Waals surface area contributed by atoms with Gasteiger partial charge in [0.1, 0.15) is 0 Å². The van der Waals surface area contributed by atoms with Gasteiger partial charge in [0.05, 0.1) is 17.4 Å². The summed E-state index contributed by atoms with van der Waals surface area (Å²) in [5, 5.41) is 18.9. The van der Waals surface area contributed by atoms with Gasteiger partial charge in [0, 0.05) is 18.2 Å². The highest BCUT2D eigenvalue weighted by Gasteiger charge is 2.07. The molecular formula is C12H13N3O3. The number of aromatic amines is 1. The molecule has 94 valence electrons. The van der Waals surface area contributed by atoms with Crippen molar-refractivity contribution in [3.63, 3.8) is 0 Å². The van der Waals surface area contributed by atoms with E-state index in [9.17, 15) is 9.59 Å². The minimum atomic E-state index is -0.890. The van der Waals surface area contributed by atoms with Crippen molar-refractivity contribution in [1.82, 2.24) is 10.2 Å². The molecule has 0 fully saturated rings. The van der Waals surface area contributed by atoms with Crippen LogP contribution in [0.25, 0.3) is 10.9 Å². The van der Waals surface area contributed by atoms with Crippen molar-refractivity contribution < 1.29 is 14.7 Å². The zero-order chi connectivity index (χ0) is 13.0. The number of anilines is 1. The number of rotatable bonds is 5. The Hall–Kier alpha value is -2.37. The normalized spacial score (nSPS) is 10.4. The zero-order valence-corrected chi connectivity index (χ0v) is 9.64. The highest BCUT2D eigenvalue weighted by atomic mass is 16.4. The summed E-state index contributed by atoms with van der Waals surface area (Å²) in [5.74, 6) is -1.09.